The average Bonchev–Trinajstić information content (AvgIpc) is 2.92. The minimum Gasteiger partial charge on any atom is -0.379 e. The van der Waals surface area contributed by atoms with E-state index in [1.807, 2.05) is 0 Å². The molecular weight excluding hydrogens is 216 g/mol. The van der Waals surface area contributed by atoms with Crippen molar-refractivity contribution in [3.63, 3.8) is 0 Å². The topological polar surface area (TPSA) is 54.1 Å². The van der Waals surface area contributed by atoms with E-state index in [1.165, 1.54) is 0 Å². The Morgan fingerprint density at radius 1 is 1.47 bits per heavy atom. The molecule has 98 valence electrons. The van der Waals surface area contributed by atoms with Gasteiger partial charge < -0.3 is 20.3 Å². The maximum atomic E-state index is 6.00. The van der Waals surface area contributed by atoms with E-state index in [1.54, 1.807) is 0 Å². The summed E-state index contributed by atoms with van der Waals surface area (Å²) in [5.74, 6) is 0.697. The van der Waals surface area contributed by atoms with Crippen LogP contribution in [0, 0.1) is 0 Å². The van der Waals surface area contributed by atoms with E-state index in [-0.39, 0.29) is 5.54 Å². The van der Waals surface area contributed by atoms with Crippen molar-refractivity contribution in [3.8, 4) is 0 Å². The maximum absolute atomic E-state index is 6.00. The summed E-state index contributed by atoms with van der Waals surface area (Å²) in [6.07, 6.45) is 1.05. The van der Waals surface area contributed by atoms with Crippen LogP contribution in [-0.2, 0) is 4.74 Å². The molecule has 0 aromatic rings. The lowest BCUT2D eigenvalue weighted by Gasteiger charge is -2.36. The fourth-order valence-corrected chi connectivity index (χ4v) is 2.71. The van der Waals surface area contributed by atoms with Gasteiger partial charge in [-0.2, -0.15) is 0 Å². The van der Waals surface area contributed by atoms with Crippen molar-refractivity contribution >= 4 is 5.96 Å². The van der Waals surface area contributed by atoms with E-state index >= 15 is 0 Å². The van der Waals surface area contributed by atoms with Gasteiger partial charge in [-0.05, 0) is 19.5 Å². The Kier molecular flexibility index (Phi) is 3.89. The van der Waals surface area contributed by atoms with Crippen LogP contribution in [-0.4, -0.2) is 67.2 Å². The van der Waals surface area contributed by atoms with Gasteiger partial charge in [0.25, 0.3) is 0 Å². The molecule has 1 atom stereocenters. The van der Waals surface area contributed by atoms with Crippen molar-refractivity contribution in [2.45, 2.75) is 25.8 Å². The summed E-state index contributed by atoms with van der Waals surface area (Å²) in [5, 5.41) is 0. The van der Waals surface area contributed by atoms with Gasteiger partial charge in [0, 0.05) is 19.7 Å². The van der Waals surface area contributed by atoms with Crippen LogP contribution in [0.25, 0.3) is 0 Å². The predicted octanol–water partition coefficient (Wildman–Crippen LogP) is 0.118. The van der Waals surface area contributed by atoms with Gasteiger partial charge in [0.2, 0.25) is 0 Å². The third-order valence-corrected chi connectivity index (χ3v) is 4.00. The monoisotopic (exact) mass is 240 g/mol. The van der Waals surface area contributed by atoms with Crippen molar-refractivity contribution < 1.29 is 4.74 Å². The molecule has 1 unspecified atom stereocenters. The molecule has 1 fully saturated rings. The summed E-state index contributed by atoms with van der Waals surface area (Å²) in [7, 11) is 0. The van der Waals surface area contributed by atoms with E-state index < -0.39 is 0 Å². The van der Waals surface area contributed by atoms with Crippen molar-refractivity contribution in [1.29, 1.82) is 0 Å². The highest BCUT2D eigenvalue weighted by molar-refractivity contribution is 5.81. The molecule has 0 aliphatic carbocycles. The van der Waals surface area contributed by atoms with Crippen molar-refractivity contribution in [1.82, 2.24) is 9.80 Å². The first-order valence-corrected chi connectivity index (χ1v) is 6.59. The quantitative estimate of drug-likeness (QED) is 0.741. The second-order valence-corrected chi connectivity index (χ2v) is 4.88. The predicted molar refractivity (Wildman–Crippen MR) is 69.2 cm³/mol. The number of guanidine groups is 1. The molecule has 5 nitrogen and oxygen atoms in total. The smallest absolute Gasteiger partial charge is 0.191 e. The summed E-state index contributed by atoms with van der Waals surface area (Å²) >= 11 is 0. The molecule has 0 aromatic carbocycles. The lowest BCUT2D eigenvalue weighted by molar-refractivity contribution is 0.125. The normalized spacial score (nSPS) is 28.4. The minimum atomic E-state index is 0.0667. The van der Waals surface area contributed by atoms with Gasteiger partial charge in [0.05, 0.1) is 18.7 Å². The minimum absolute atomic E-state index is 0.0667. The van der Waals surface area contributed by atoms with Crippen LogP contribution in [0.15, 0.2) is 4.99 Å². The first kappa shape index (κ1) is 12.6. The van der Waals surface area contributed by atoms with Crippen LogP contribution in [0.5, 0.6) is 0 Å². The molecule has 0 aromatic heterocycles. The number of ether oxygens (including phenoxy) is 1. The first-order chi connectivity index (χ1) is 8.22. The molecule has 2 heterocycles. The lowest BCUT2D eigenvalue weighted by Crippen LogP contribution is -2.54. The number of likely N-dealkylation sites (N-methyl/N-ethyl adjacent to an activating group) is 1. The summed E-state index contributed by atoms with van der Waals surface area (Å²) in [5.41, 5.74) is 6.07. The van der Waals surface area contributed by atoms with Crippen LogP contribution in [0.2, 0.25) is 0 Å². The third kappa shape index (κ3) is 2.40. The fourth-order valence-electron chi connectivity index (χ4n) is 2.71. The van der Waals surface area contributed by atoms with Crippen LogP contribution >= 0.6 is 0 Å². The third-order valence-electron chi connectivity index (χ3n) is 4.00. The van der Waals surface area contributed by atoms with Gasteiger partial charge in [0.1, 0.15) is 0 Å². The molecule has 0 bridgehead atoms. The van der Waals surface area contributed by atoms with Gasteiger partial charge >= 0.3 is 0 Å². The van der Waals surface area contributed by atoms with E-state index in [4.69, 9.17) is 10.5 Å². The Hall–Kier alpha value is -0.810. The van der Waals surface area contributed by atoms with E-state index in [2.05, 4.69) is 28.6 Å². The summed E-state index contributed by atoms with van der Waals surface area (Å²) in [4.78, 5) is 9.08. The van der Waals surface area contributed by atoms with E-state index in [0.29, 0.717) is 5.96 Å². The highest BCUT2D eigenvalue weighted by Crippen LogP contribution is 2.30. The Morgan fingerprint density at radius 2 is 2.24 bits per heavy atom. The number of nitrogens with two attached hydrogens (primary N) is 1. The van der Waals surface area contributed by atoms with Gasteiger partial charge in [0.15, 0.2) is 5.96 Å². The first-order valence-electron chi connectivity index (χ1n) is 6.59. The van der Waals surface area contributed by atoms with Crippen LogP contribution in [0.4, 0.5) is 0 Å². The number of hydrogen-bond donors (Lipinski definition) is 1. The van der Waals surface area contributed by atoms with Crippen molar-refractivity contribution in [3.05, 3.63) is 0 Å². The molecular formula is C12H24N4O. The van der Waals surface area contributed by atoms with Crippen LogP contribution < -0.4 is 5.73 Å². The Morgan fingerprint density at radius 3 is 2.82 bits per heavy atom. The summed E-state index contributed by atoms with van der Waals surface area (Å²) < 4.78 is 5.54. The molecule has 5 heteroatoms. The van der Waals surface area contributed by atoms with Gasteiger partial charge in [-0.3, -0.25) is 4.99 Å². The Balaban J connectivity index is 1.95. The molecule has 1 spiro atoms. The van der Waals surface area contributed by atoms with Gasteiger partial charge in [-0.1, -0.05) is 13.8 Å². The van der Waals surface area contributed by atoms with Crippen molar-refractivity contribution in [2.24, 2.45) is 10.7 Å². The molecule has 2 aliphatic rings. The summed E-state index contributed by atoms with van der Waals surface area (Å²) in [6.45, 7) is 11.0. The zero-order valence-corrected chi connectivity index (χ0v) is 11.0. The second kappa shape index (κ2) is 5.23. The lowest BCUT2D eigenvalue weighted by atomic mass is 9.98. The number of hydrogen-bond acceptors (Lipinski definition) is 5. The highest BCUT2D eigenvalue weighted by Gasteiger charge is 2.45. The molecule has 0 amide bonds. The highest BCUT2D eigenvalue weighted by atomic mass is 16.5. The molecule has 0 radical (unpaired) electrons. The van der Waals surface area contributed by atoms with Gasteiger partial charge in [-0.15, -0.1) is 0 Å². The van der Waals surface area contributed by atoms with Crippen LogP contribution in [0.3, 0.4) is 0 Å². The molecule has 2 N–H and O–H groups in total. The SMILES string of the molecule is CCN(CC)CCN1C(N)=NCC12CCOC2. The van der Waals surface area contributed by atoms with Gasteiger partial charge in [-0.25, -0.2) is 0 Å². The molecule has 2 rings (SSSR count). The Labute approximate surface area is 104 Å². The van der Waals surface area contributed by atoms with Crippen LogP contribution in [0.1, 0.15) is 20.3 Å². The van der Waals surface area contributed by atoms with E-state index in [0.717, 1.165) is 52.4 Å². The number of rotatable bonds is 5. The maximum Gasteiger partial charge on any atom is 0.191 e. The Bertz CT molecular complexity index is 282. The molecule has 17 heavy (non-hydrogen) atoms. The fraction of sp³-hybridized carbons (Fsp3) is 0.917. The zero-order valence-electron chi connectivity index (χ0n) is 11.0. The molecule has 1 saturated heterocycles. The second-order valence-electron chi connectivity index (χ2n) is 4.88. The number of nitrogens with zero attached hydrogens (tertiary/aromatic N) is 3. The average molecular weight is 240 g/mol. The molecule has 2 aliphatic heterocycles. The standard InChI is InChI=1S/C12H24N4O/c1-3-15(4-2)6-7-16-11(13)14-9-12(16)5-8-17-10-12/h3-10H2,1-2H3,(H2,13,14). The van der Waals surface area contributed by atoms with E-state index in [9.17, 15) is 0 Å². The summed E-state index contributed by atoms with van der Waals surface area (Å²) in [6, 6.07) is 0. The zero-order chi connectivity index (χ0) is 12.3. The molecule has 0 saturated carbocycles. The largest absolute Gasteiger partial charge is 0.379 e. The number of aliphatic imine (C=N–C) groups is 1. The van der Waals surface area contributed by atoms with Crippen molar-refractivity contribution in [2.75, 3.05) is 45.9 Å².